The lowest BCUT2D eigenvalue weighted by Gasteiger charge is -2.25. The van der Waals surface area contributed by atoms with Crippen molar-refractivity contribution < 1.29 is 9.00 Å². The van der Waals surface area contributed by atoms with E-state index in [4.69, 9.17) is 0 Å². The normalized spacial score (nSPS) is 30.2. The summed E-state index contributed by atoms with van der Waals surface area (Å²) in [5.41, 5.74) is 0. The van der Waals surface area contributed by atoms with E-state index in [1.807, 2.05) is 27.7 Å². The van der Waals surface area contributed by atoms with Crippen LogP contribution in [0.2, 0.25) is 0 Å². The highest BCUT2D eigenvalue weighted by Crippen LogP contribution is 2.21. The van der Waals surface area contributed by atoms with E-state index >= 15 is 0 Å². The standard InChI is InChI=1S/C8H16N2O2S/c1-6(2)10-5-8(11)9-13(10,12)7(3)4/h6-7H,5H2,1-4H3. The van der Waals surface area contributed by atoms with E-state index < -0.39 is 9.92 Å². The van der Waals surface area contributed by atoms with E-state index in [9.17, 15) is 9.00 Å². The van der Waals surface area contributed by atoms with Gasteiger partial charge < -0.3 is 0 Å². The van der Waals surface area contributed by atoms with E-state index in [0.717, 1.165) is 0 Å². The van der Waals surface area contributed by atoms with Gasteiger partial charge >= 0.3 is 0 Å². The average Bonchev–Trinajstić information content (AvgIpc) is 2.27. The molecule has 0 aromatic rings. The maximum atomic E-state index is 12.2. The van der Waals surface area contributed by atoms with Crippen LogP contribution in [0, 0.1) is 0 Å². The SMILES string of the molecule is CC(C)N1CC(=O)N=S1(=O)C(C)C. The Morgan fingerprint density at radius 2 is 1.92 bits per heavy atom. The van der Waals surface area contributed by atoms with Crippen molar-refractivity contribution in [3.8, 4) is 0 Å². The van der Waals surface area contributed by atoms with Gasteiger partial charge in [0.15, 0.2) is 0 Å². The molecule has 0 aliphatic carbocycles. The molecule has 1 amide bonds. The smallest absolute Gasteiger partial charge is 0.270 e. The van der Waals surface area contributed by atoms with Gasteiger partial charge in [0.05, 0.1) is 11.8 Å². The summed E-state index contributed by atoms with van der Waals surface area (Å²) in [5.74, 6) is -0.257. The summed E-state index contributed by atoms with van der Waals surface area (Å²) in [6.07, 6.45) is 0. The topological polar surface area (TPSA) is 49.7 Å². The van der Waals surface area contributed by atoms with Gasteiger partial charge in [0.1, 0.15) is 9.92 Å². The minimum absolute atomic E-state index is 0.0960. The summed E-state index contributed by atoms with van der Waals surface area (Å²) in [6, 6.07) is 0.102. The summed E-state index contributed by atoms with van der Waals surface area (Å²) in [6.45, 7) is 7.72. The van der Waals surface area contributed by atoms with Gasteiger partial charge in [0.2, 0.25) is 0 Å². The Hall–Kier alpha value is -0.420. The van der Waals surface area contributed by atoms with Crippen LogP contribution in [0.5, 0.6) is 0 Å². The van der Waals surface area contributed by atoms with Crippen LogP contribution in [0.25, 0.3) is 0 Å². The van der Waals surface area contributed by atoms with Crippen molar-refractivity contribution in [3.63, 3.8) is 0 Å². The molecule has 0 spiro atoms. The summed E-state index contributed by atoms with van der Waals surface area (Å²) in [5, 5.41) is -0.0960. The first-order valence-corrected chi connectivity index (χ1v) is 5.97. The third-order valence-electron chi connectivity index (χ3n) is 2.05. The lowest BCUT2D eigenvalue weighted by Crippen LogP contribution is -2.38. The van der Waals surface area contributed by atoms with Gasteiger partial charge in [-0.25, -0.2) is 8.51 Å². The number of hydrogen-bond acceptors (Lipinski definition) is 2. The second-order valence-corrected chi connectivity index (χ2v) is 6.41. The van der Waals surface area contributed by atoms with Crippen molar-refractivity contribution in [2.75, 3.05) is 6.54 Å². The van der Waals surface area contributed by atoms with Crippen LogP contribution >= 0.6 is 0 Å². The Labute approximate surface area is 79.6 Å². The molecule has 0 fully saturated rings. The number of amides is 1. The van der Waals surface area contributed by atoms with E-state index in [1.165, 1.54) is 0 Å². The van der Waals surface area contributed by atoms with Crippen LogP contribution in [0.15, 0.2) is 4.36 Å². The predicted octanol–water partition coefficient (Wildman–Crippen LogP) is 1.03. The van der Waals surface area contributed by atoms with Crippen LogP contribution < -0.4 is 0 Å². The molecule has 76 valence electrons. The molecule has 1 unspecified atom stereocenters. The third-order valence-corrected chi connectivity index (χ3v) is 4.97. The van der Waals surface area contributed by atoms with Gasteiger partial charge in [0.25, 0.3) is 5.91 Å². The summed E-state index contributed by atoms with van der Waals surface area (Å²) >= 11 is 0. The first kappa shape index (κ1) is 10.7. The molecule has 0 N–H and O–H groups in total. The first-order valence-electron chi connectivity index (χ1n) is 4.43. The summed E-state index contributed by atoms with van der Waals surface area (Å²) in [4.78, 5) is 11.1. The largest absolute Gasteiger partial charge is 0.270 e. The number of hydrogen-bond donors (Lipinski definition) is 0. The van der Waals surface area contributed by atoms with Gasteiger partial charge in [0, 0.05) is 6.04 Å². The molecule has 1 atom stereocenters. The Kier molecular flexibility index (Phi) is 2.77. The molecule has 1 heterocycles. The van der Waals surface area contributed by atoms with Crippen LogP contribution in [-0.2, 0) is 14.7 Å². The van der Waals surface area contributed by atoms with Crippen LogP contribution in [0.4, 0.5) is 0 Å². The number of rotatable bonds is 2. The summed E-state index contributed by atoms with van der Waals surface area (Å²) in [7, 11) is -2.45. The van der Waals surface area contributed by atoms with Gasteiger partial charge in [-0.3, -0.25) is 4.79 Å². The molecule has 1 aliphatic rings. The molecule has 0 saturated carbocycles. The predicted molar refractivity (Wildman–Crippen MR) is 52.6 cm³/mol. The maximum absolute atomic E-state index is 12.2. The van der Waals surface area contributed by atoms with Crippen molar-refractivity contribution in [2.24, 2.45) is 4.36 Å². The Morgan fingerprint density at radius 1 is 1.38 bits per heavy atom. The molecular weight excluding hydrogens is 188 g/mol. The zero-order chi connectivity index (χ0) is 10.2. The molecule has 1 rings (SSSR count). The lowest BCUT2D eigenvalue weighted by molar-refractivity contribution is -0.117. The third kappa shape index (κ3) is 1.76. The maximum Gasteiger partial charge on any atom is 0.270 e. The molecule has 13 heavy (non-hydrogen) atoms. The Bertz CT molecular complexity index is 327. The minimum Gasteiger partial charge on any atom is -0.270 e. The van der Waals surface area contributed by atoms with Gasteiger partial charge in [-0.15, -0.1) is 4.36 Å². The second-order valence-electron chi connectivity index (χ2n) is 3.74. The number of carbonyl (C=O) groups is 1. The fraction of sp³-hybridized carbons (Fsp3) is 0.875. The van der Waals surface area contributed by atoms with Crippen LogP contribution in [-0.4, -0.2) is 32.3 Å². The molecule has 1 aliphatic heterocycles. The zero-order valence-electron chi connectivity index (χ0n) is 8.48. The van der Waals surface area contributed by atoms with E-state index in [1.54, 1.807) is 4.31 Å². The van der Waals surface area contributed by atoms with E-state index in [0.29, 0.717) is 0 Å². The second kappa shape index (κ2) is 3.38. The Balaban J connectivity index is 3.12. The minimum atomic E-state index is -2.45. The quantitative estimate of drug-likeness (QED) is 0.674. The van der Waals surface area contributed by atoms with Crippen molar-refractivity contribution in [3.05, 3.63) is 0 Å². The van der Waals surface area contributed by atoms with Gasteiger partial charge in [-0.1, -0.05) is 0 Å². The number of nitrogens with zero attached hydrogens (tertiary/aromatic N) is 2. The molecule has 4 nitrogen and oxygen atoms in total. The average molecular weight is 204 g/mol. The monoisotopic (exact) mass is 204 g/mol. The van der Waals surface area contributed by atoms with Crippen LogP contribution in [0.1, 0.15) is 27.7 Å². The number of carbonyl (C=O) groups excluding carboxylic acids is 1. The van der Waals surface area contributed by atoms with Crippen molar-refractivity contribution in [2.45, 2.75) is 39.0 Å². The first-order chi connectivity index (χ1) is 5.88. The van der Waals surface area contributed by atoms with Crippen molar-refractivity contribution >= 4 is 15.8 Å². The van der Waals surface area contributed by atoms with Gasteiger partial charge in [-0.05, 0) is 27.7 Å². The highest BCUT2D eigenvalue weighted by atomic mass is 32.2. The molecule has 0 aromatic heterocycles. The van der Waals surface area contributed by atoms with Crippen LogP contribution in [0.3, 0.4) is 0 Å². The molecule has 0 radical (unpaired) electrons. The highest BCUT2D eigenvalue weighted by molar-refractivity contribution is 7.92. The Morgan fingerprint density at radius 3 is 2.23 bits per heavy atom. The molecule has 0 bridgehead atoms. The lowest BCUT2D eigenvalue weighted by atomic mass is 10.4. The fourth-order valence-electron chi connectivity index (χ4n) is 1.31. The zero-order valence-corrected chi connectivity index (χ0v) is 9.30. The van der Waals surface area contributed by atoms with Crippen molar-refractivity contribution in [1.82, 2.24) is 4.31 Å². The van der Waals surface area contributed by atoms with Crippen molar-refractivity contribution in [1.29, 1.82) is 0 Å². The van der Waals surface area contributed by atoms with E-state index in [2.05, 4.69) is 4.36 Å². The van der Waals surface area contributed by atoms with Gasteiger partial charge in [-0.2, -0.15) is 0 Å². The molecule has 0 saturated heterocycles. The molecule has 5 heteroatoms. The summed E-state index contributed by atoms with van der Waals surface area (Å²) < 4.78 is 17.6. The molecule has 0 aromatic carbocycles. The molecular formula is C8H16N2O2S. The van der Waals surface area contributed by atoms with E-state index in [-0.39, 0.29) is 23.7 Å². The fourth-order valence-corrected chi connectivity index (χ4v) is 3.42. The highest BCUT2D eigenvalue weighted by Gasteiger charge is 2.34.